The van der Waals surface area contributed by atoms with Gasteiger partial charge in [0.2, 0.25) is 0 Å². The van der Waals surface area contributed by atoms with Gasteiger partial charge in [0.1, 0.15) is 0 Å². The molecule has 1 unspecified atom stereocenters. The minimum atomic E-state index is -0.407. The van der Waals surface area contributed by atoms with E-state index in [-0.39, 0.29) is 11.3 Å². The quantitative estimate of drug-likeness (QED) is 0.846. The number of thiophene rings is 2. The molecule has 1 atom stereocenters. The van der Waals surface area contributed by atoms with Gasteiger partial charge in [-0.2, -0.15) is 0 Å². The van der Waals surface area contributed by atoms with Crippen molar-refractivity contribution in [1.82, 2.24) is 5.32 Å². The third kappa shape index (κ3) is 2.64. The van der Waals surface area contributed by atoms with Gasteiger partial charge in [-0.05, 0) is 38.3 Å². The van der Waals surface area contributed by atoms with E-state index in [1.807, 2.05) is 38.3 Å². The first-order valence-electron chi connectivity index (χ1n) is 5.34. The molecule has 2 nitrogen and oxygen atoms in total. The Balaban J connectivity index is 2.18. The third-order valence-electron chi connectivity index (χ3n) is 2.79. The summed E-state index contributed by atoms with van der Waals surface area (Å²) < 4.78 is 2.33. The largest absolute Gasteiger partial charge is 0.345 e. The van der Waals surface area contributed by atoms with Gasteiger partial charge in [-0.3, -0.25) is 4.79 Å². The Hall–Kier alpha value is -0.580. The van der Waals surface area contributed by atoms with Crippen molar-refractivity contribution in [3.05, 3.63) is 22.4 Å². The molecule has 0 aliphatic heterocycles. The molecule has 17 heavy (non-hydrogen) atoms. The number of amides is 1. The molecule has 2 aromatic rings. The summed E-state index contributed by atoms with van der Waals surface area (Å²) in [7, 11) is 0. The lowest BCUT2D eigenvalue weighted by Gasteiger charge is -2.28. The fraction of sp³-hybridized carbons (Fsp3) is 0.417. The number of alkyl halides is 1. The van der Waals surface area contributed by atoms with E-state index in [9.17, 15) is 4.79 Å². The standard InChI is InChI=1S/C12H14ClNOS2/c1-7(13)12(2,3)14-11(15)10-6-9-8(17-10)4-5-16-9/h4-7H,1-3H3,(H,14,15). The summed E-state index contributed by atoms with van der Waals surface area (Å²) in [6, 6.07) is 3.98. The number of rotatable bonds is 3. The Bertz CT molecular complexity index is 513. The Morgan fingerprint density at radius 2 is 2.18 bits per heavy atom. The zero-order valence-corrected chi connectivity index (χ0v) is 12.3. The predicted molar refractivity (Wildman–Crippen MR) is 76.6 cm³/mol. The van der Waals surface area contributed by atoms with E-state index in [0.29, 0.717) is 0 Å². The highest BCUT2D eigenvalue weighted by Crippen LogP contribution is 2.30. The van der Waals surface area contributed by atoms with Gasteiger partial charge in [0.25, 0.3) is 5.91 Å². The summed E-state index contributed by atoms with van der Waals surface area (Å²) in [5, 5.41) is 4.88. The first-order valence-corrected chi connectivity index (χ1v) is 7.47. The maximum Gasteiger partial charge on any atom is 0.261 e. The number of carbonyl (C=O) groups excluding carboxylic acids is 1. The fourth-order valence-electron chi connectivity index (χ4n) is 1.33. The van der Waals surface area contributed by atoms with E-state index in [1.165, 1.54) is 11.3 Å². The van der Waals surface area contributed by atoms with Crippen molar-refractivity contribution < 1.29 is 4.79 Å². The second-order valence-corrected chi connectivity index (χ2v) is 7.24. The number of halogens is 1. The minimum Gasteiger partial charge on any atom is -0.345 e. The molecule has 0 radical (unpaired) electrons. The van der Waals surface area contributed by atoms with Gasteiger partial charge < -0.3 is 5.32 Å². The summed E-state index contributed by atoms with van der Waals surface area (Å²) in [5.41, 5.74) is -0.407. The first kappa shape index (κ1) is 12.9. The average molecular weight is 288 g/mol. The van der Waals surface area contributed by atoms with Crippen molar-refractivity contribution in [2.45, 2.75) is 31.7 Å². The van der Waals surface area contributed by atoms with Crippen LogP contribution in [0.4, 0.5) is 0 Å². The van der Waals surface area contributed by atoms with Gasteiger partial charge in [-0.15, -0.1) is 34.3 Å². The maximum atomic E-state index is 12.1. The minimum absolute atomic E-state index is 0.0455. The van der Waals surface area contributed by atoms with Crippen LogP contribution in [0.3, 0.4) is 0 Å². The van der Waals surface area contributed by atoms with Crippen LogP contribution in [0.2, 0.25) is 0 Å². The second-order valence-electron chi connectivity index (χ2n) is 4.55. The monoisotopic (exact) mass is 287 g/mol. The van der Waals surface area contributed by atoms with Crippen molar-refractivity contribution in [2.24, 2.45) is 0 Å². The molecule has 0 aromatic carbocycles. The Labute approximate surface area is 114 Å². The van der Waals surface area contributed by atoms with Crippen LogP contribution in [0.15, 0.2) is 17.5 Å². The highest BCUT2D eigenvalue weighted by molar-refractivity contribution is 7.27. The van der Waals surface area contributed by atoms with Crippen LogP contribution < -0.4 is 5.32 Å². The van der Waals surface area contributed by atoms with Gasteiger partial charge in [0, 0.05) is 9.40 Å². The van der Waals surface area contributed by atoms with Gasteiger partial charge in [0.05, 0.1) is 15.8 Å². The zero-order valence-electron chi connectivity index (χ0n) is 9.91. The van der Waals surface area contributed by atoms with Gasteiger partial charge >= 0.3 is 0 Å². The van der Waals surface area contributed by atoms with E-state index in [0.717, 1.165) is 14.3 Å². The van der Waals surface area contributed by atoms with E-state index in [2.05, 4.69) is 5.32 Å². The van der Waals surface area contributed by atoms with Crippen molar-refractivity contribution >= 4 is 49.6 Å². The highest BCUT2D eigenvalue weighted by Gasteiger charge is 2.27. The molecule has 5 heteroatoms. The van der Waals surface area contributed by atoms with Crippen LogP contribution in [0.5, 0.6) is 0 Å². The van der Waals surface area contributed by atoms with Crippen molar-refractivity contribution in [1.29, 1.82) is 0 Å². The number of nitrogens with one attached hydrogen (secondary N) is 1. The van der Waals surface area contributed by atoms with Crippen LogP contribution in [-0.4, -0.2) is 16.8 Å². The fourth-order valence-corrected chi connectivity index (χ4v) is 3.39. The van der Waals surface area contributed by atoms with Gasteiger partial charge in [-0.1, -0.05) is 0 Å². The molecule has 92 valence electrons. The van der Waals surface area contributed by atoms with Gasteiger partial charge in [0.15, 0.2) is 0 Å². The highest BCUT2D eigenvalue weighted by atomic mass is 35.5. The molecule has 2 aromatic heterocycles. The Morgan fingerprint density at radius 1 is 1.47 bits per heavy atom. The molecular weight excluding hydrogens is 274 g/mol. The second kappa shape index (κ2) is 4.59. The lowest BCUT2D eigenvalue weighted by Crippen LogP contribution is -2.48. The van der Waals surface area contributed by atoms with Crippen LogP contribution in [0, 0.1) is 0 Å². The molecule has 0 aliphatic rings. The molecule has 2 heterocycles. The van der Waals surface area contributed by atoms with Crippen molar-refractivity contribution in [3.8, 4) is 0 Å². The third-order valence-corrected chi connectivity index (χ3v) is 5.43. The SMILES string of the molecule is CC(Cl)C(C)(C)NC(=O)c1cc2sccc2s1. The summed E-state index contributed by atoms with van der Waals surface area (Å²) in [6.07, 6.45) is 0. The predicted octanol–water partition coefficient (Wildman–Crippen LogP) is 4.10. The van der Waals surface area contributed by atoms with Crippen LogP contribution in [-0.2, 0) is 0 Å². The molecule has 1 amide bonds. The van der Waals surface area contributed by atoms with Crippen LogP contribution in [0.25, 0.3) is 9.40 Å². The van der Waals surface area contributed by atoms with E-state index in [1.54, 1.807) is 11.3 Å². The van der Waals surface area contributed by atoms with E-state index < -0.39 is 5.54 Å². The Kier molecular flexibility index (Phi) is 3.48. The van der Waals surface area contributed by atoms with Crippen LogP contribution in [0.1, 0.15) is 30.4 Å². The molecular formula is C12H14ClNOS2. The summed E-state index contributed by atoms with van der Waals surface area (Å²) >= 11 is 9.22. The summed E-state index contributed by atoms with van der Waals surface area (Å²) in [4.78, 5) is 12.8. The molecule has 0 saturated heterocycles. The molecule has 1 N–H and O–H groups in total. The molecule has 0 aliphatic carbocycles. The van der Waals surface area contributed by atoms with Crippen molar-refractivity contribution in [2.75, 3.05) is 0 Å². The average Bonchev–Trinajstić information content (AvgIpc) is 2.74. The smallest absolute Gasteiger partial charge is 0.261 e. The molecule has 0 bridgehead atoms. The molecule has 0 fully saturated rings. The molecule has 2 rings (SSSR count). The first-order chi connectivity index (χ1) is 7.90. The number of fused-ring (bicyclic) bond motifs is 1. The Morgan fingerprint density at radius 3 is 2.76 bits per heavy atom. The van der Waals surface area contributed by atoms with E-state index >= 15 is 0 Å². The van der Waals surface area contributed by atoms with Crippen LogP contribution >= 0.6 is 34.3 Å². The normalized spacial score (nSPS) is 13.9. The molecule has 0 spiro atoms. The number of carbonyl (C=O) groups is 1. The van der Waals surface area contributed by atoms with E-state index in [4.69, 9.17) is 11.6 Å². The van der Waals surface area contributed by atoms with Crippen molar-refractivity contribution in [3.63, 3.8) is 0 Å². The number of hydrogen-bond donors (Lipinski definition) is 1. The number of hydrogen-bond acceptors (Lipinski definition) is 3. The van der Waals surface area contributed by atoms with Gasteiger partial charge in [-0.25, -0.2) is 0 Å². The maximum absolute atomic E-state index is 12.1. The lowest BCUT2D eigenvalue weighted by molar-refractivity contribution is 0.0917. The molecule has 0 saturated carbocycles. The zero-order chi connectivity index (χ0) is 12.6. The summed E-state index contributed by atoms with van der Waals surface area (Å²) in [6.45, 7) is 5.74. The lowest BCUT2D eigenvalue weighted by atomic mass is 10.0. The summed E-state index contributed by atoms with van der Waals surface area (Å²) in [5.74, 6) is -0.0455. The topological polar surface area (TPSA) is 29.1 Å².